The molecule has 1 amide bonds. The fourth-order valence-corrected chi connectivity index (χ4v) is 1.50. The van der Waals surface area contributed by atoms with Crippen LogP contribution in [0.3, 0.4) is 0 Å². The molecule has 0 spiro atoms. The van der Waals surface area contributed by atoms with Crippen LogP contribution in [0.25, 0.3) is 0 Å². The molecule has 110 valence electrons. The lowest BCUT2D eigenvalue weighted by molar-refractivity contribution is -0.141. The lowest BCUT2D eigenvalue weighted by atomic mass is 10.2. The van der Waals surface area contributed by atoms with Gasteiger partial charge in [-0.25, -0.2) is 0 Å². The summed E-state index contributed by atoms with van der Waals surface area (Å²) in [4.78, 5) is 22.5. The van der Waals surface area contributed by atoms with Crippen LogP contribution in [0.1, 0.15) is 33.6 Å². The number of nitrogens with one attached hydrogen (secondary N) is 1. The first kappa shape index (κ1) is 16.0. The van der Waals surface area contributed by atoms with Crippen molar-refractivity contribution in [3.05, 3.63) is 24.3 Å². The first-order valence-corrected chi connectivity index (χ1v) is 6.46. The average molecular weight is 279 g/mol. The molecule has 0 heterocycles. The Balaban J connectivity index is 2.49. The third kappa shape index (κ3) is 6.22. The molecule has 1 rings (SSSR count). The maximum absolute atomic E-state index is 11.6. The number of rotatable bonds is 5. The highest BCUT2D eigenvalue weighted by Crippen LogP contribution is 2.20. The average Bonchev–Trinajstić information content (AvgIpc) is 2.36. The van der Waals surface area contributed by atoms with E-state index in [-0.39, 0.29) is 24.3 Å². The van der Waals surface area contributed by atoms with E-state index >= 15 is 0 Å². The monoisotopic (exact) mass is 279 g/mol. The Bertz CT molecular complexity index is 460. The molecule has 1 aromatic carbocycles. The van der Waals surface area contributed by atoms with Crippen molar-refractivity contribution in [1.29, 1.82) is 0 Å². The van der Waals surface area contributed by atoms with E-state index in [0.29, 0.717) is 5.69 Å². The van der Waals surface area contributed by atoms with Gasteiger partial charge in [-0.2, -0.15) is 0 Å². The van der Waals surface area contributed by atoms with Gasteiger partial charge in [-0.1, -0.05) is 0 Å². The summed E-state index contributed by atoms with van der Waals surface area (Å²) in [6.45, 7) is 5.90. The number of esters is 1. The summed E-state index contributed by atoms with van der Waals surface area (Å²) in [5.41, 5.74) is 0.409. The summed E-state index contributed by atoms with van der Waals surface area (Å²) >= 11 is 0. The van der Waals surface area contributed by atoms with Crippen LogP contribution in [0, 0.1) is 0 Å². The predicted octanol–water partition coefficient (Wildman–Crippen LogP) is 2.76. The van der Waals surface area contributed by atoms with Crippen LogP contribution in [0.2, 0.25) is 0 Å². The van der Waals surface area contributed by atoms with Gasteiger partial charge < -0.3 is 14.8 Å². The molecular formula is C15H21NO4. The second kappa shape index (κ2) is 6.93. The Morgan fingerprint density at radius 3 is 2.20 bits per heavy atom. The Kier molecular flexibility index (Phi) is 5.55. The van der Waals surface area contributed by atoms with Crippen molar-refractivity contribution >= 4 is 17.6 Å². The zero-order chi connectivity index (χ0) is 15.2. The van der Waals surface area contributed by atoms with E-state index in [1.165, 1.54) is 7.11 Å². The van der Waals surface area contributed by atoms with Crippen molar-refractivity contribution in [2.75, 3.05) is 12.4 Å². The molecule has 1 aromatic rings. The molecule has 0 aliphatic rings. The molecule has 0 bridgehead atoms. The largest absolute Gasteiger partial charge is 0.488 e. The van der Waals surface area contributed by atoms with Gasteiger partial charge in [0.05, 0.1) is 13.5 Å². The first-order valence-electron chi connectivity index (χ1n) is 6.46. The minimum absolute atomic E-state index is 0.0769. The fourth-order valence-electron chi connectivity index (χ4n) is 1.50. The van der Waals surface area contributed by atoms with Crippen molar-refractivity contribution in [2.45, 2.75) is 39.2 Å². The van der Waals surface area contributed by atoms with Crippen LogP contribution in [0.4, 0.5) is 5.69 Å². The van der Waals surface area contributed by atoms with Crippen LogP contribution in [0.15, 0.2) is 24.3 Å². The van der Waals surface area contributed by atoms with Crippen molar-refractivity contribution in [3.63, 3.8) is 0 Å². The zero-order valence-electron chi connectivity index (χ0n) is 12.4. The molecule has 1 N–H and O–H groups in total. The van der Waals surface area contributed by atoms with E-state index in [4.69, 9.17) is 4.74 Å². The number of anilines is 1. The number of hydrogen-bond donors (Lipinski definition) is 1. The van der Waals surface area contributed by atoms with E-state index in [2.05, 4.69) is 10.1 Å². The Morgan fingerprint density at radius 2 is 1.70 bits per heavy atom. The summed E-state index contributed by atoms with van der Waals surface area (Å²) in [6, 6.07) is 7.11. The normalized spacial score (nSPS) is 10.8. The quantitative estimate of drug-likeness (QED) is 0.842. The second-order valence-corrected chi connectivity index (χ2v) is 5.36. The number of hydrogen-bond acceptors (Lipinski definition) is 4. The molecule has 0 fully saturated rings. The predicted molar refractivity (Wildman–Crippen MR) is 76.7 cm³/mol. The molecular weight excluding hydrogens is 258 g/mol. The molecule has 0 aliphatic heterocycles. The molecule has 0 atom stereocenters. The minimum Gasteiger partial charge on any atom is -0.488 e. The number of carbonyl (C=O) groups excluding carboxylic acids is 2. The van der Waals surface area contributed by atoms with Crippen molar-refractivity contribution in [1.82, 2.24) is 0 Å². The van der Waals surface area contributed by atoms with Crippen LogP contribution in [-0.2, 0) is 14.3 Å². The topological polar surface area (TPSA) is 64.6 Å². The van der Waals surface area contributed by atoms with Crippen molar-refractivity contribution < 1.29 is 19.1 Å². The van der Waals surface area contributed by atoms with Gasteiger partial charge in [0.15, 0.2) is 0 Å². The summed E-state index contributed by atoms with van der Waals surface area (Å²) < 4.78 is 10.2. The summed E-state index contributed by atoms with van der Waals surface area (Å²) in [7, 11) is 1.30. The van der Waals surface area contributed by atoms with Gasteiger partial charge in [-0.05, 0) is 45.0 Å². The third-order valence-electron chi connectivity index (χ3n) is 2.35. The SMILES string of the molecule is COC(=O)CCC(=O)Nc1ccc(OC(C)(C)C)cc1. The van der Waals surface area contributed by atoms with Crippen LogP contribution < -0.4 is 10.1 Å². The van der Waals surface area contributed by atoms with Crippen LogP contribution in [0.5, 0.6) is 5.75 Å². The molecule has 0 saturated carbocycles. The number of ether oxygens (including phenoxy) is 2. The number of amides is 1. The second-order valence-electron chi connectivity index (χ2n) is 5.36. The highest BCUT2D eigenvalue weighted by atomic mass is 16.5. The molecule has 5 heteroatoms. The first-order chi connectivity index (χ1) is 9.30. The van der Waals surface area contributed by atoms with Gasteiger partial charge in [0.25, 0.3) is 0 Å². The third-order valence-corrected chi connectivity index (χ3v) is 2.35. The summed E-state index contributed by atoms with van der Waals surface area (Å²) in [5.74, 6) is 0.124. The molecule has 5 nitrogen and oxygen atoms in total. The zero-order valence-corrected chi connectivity index (χ0v) is 12.4. The molecule has 0 aromatic heterocycles. The number of benzene rings is 1. The van der Waals surface area contributed by atoms with E-state index in [0.717, 1.165) is 5.75 Å². The van der Waals surface area contributed by atoms with E-state index < -0.39 is 5.97 Å². The van der Waals surface area contributed by atoms with Gasteiger partial charge in [0.1, 0.15) is 11.4 Å². The Hall–Kier alpha value is -2.04. The number of methoxy groups -OCH3 is 1. The van der Waals surface area contributed by atoms with Crippen LogP contribution >= 0.6 is 0 Å². The molecule has 0 radical (unpaired) electrons. The van der Waals surface area contributed by atoms with E-state index in [1.54, 1.807) is 24.3 Å². The maximum Gasteiger partial charge on any atom is 0.306 e. The van der Waals surface area contributed by atoms with Crippen molar-refractivity contribution in [3.8, 4) is 5.75 Å². The smallest absolute Gasteiger partial charge is 0.306 e. The lowest BCUT2D eigenvalue weighted by Crippen LogP contribution is -2.22. The molecule has 0 unspecified atom stereocenters. The highest BCUT2D eigenvalue weighted by molar-refractivity contribution is 5.92. The maximum atomic E-state index is 11.6. The summed E-state index contributed by atoms with van der Waals surface area (Å²) in [5, 5.41) is 2.71. The minimum atomic E-state index is -0.394. The van der Waals surface area contributed by atoms with Gasteiger partial charge in [0.2, 0.25) is 5.91 Å². The molecule has 20 heavy (non-hydrogen) atoms. The Morgan fingerprint density at radius 1 is 1.10 bits per heavy atom. The highest BCUT2D eigenvalue weighted by Gasteiger charge is 2.12. The van der Waals surface area contributed by atoms with Gasteiger partial charge in [-0.15, -0.1) is 0 Å². The lowest BCUT2D eigenvalue weighted by Gasteiger charge is -2.21. The molecule has 0 saturated heterocycles. The number of carbonyl (C=O) groups is 2. The van der Waals surface area contributed by atoms with Gasteiger partial charge in [-0.3, -0.25) is 9.59 Å². The summed E-state index contributed by atoms with van der Waals surface area (Å²) in [6.07, 6.45) is 0.181. The van der Waals surface area contributed by atoms with Gasteiger partial charge >= 0.3 is 5.97 Å². The molecule has 0 aliphatic carbocycles. The van der Waals surface area contributed by atoms with E-state index in [9.17, 15) is 9.59 Å². The van der Waals surface area contributed by atoms with Crippen LogP contribution in [-0.4, -0.2) is 24.6 Å². The van der Waals surface area contributed by atoms with Gasteiger partial charge in [0, 0.05) is 12.1 Å². The fraction of sp³-hybridized carbons (Fsp3) is 0.467. The standard InChI is InChI=1S/C15H21NO4/c1-15(2,3)20-12-7-5-11(6-8-12)16-13(17)9-10-14(18)19-4/h5-8H,9-10H2,1-4H3,(H,16,17). The van der Waals surface area contributed by atoms with Crippen molar-refractivity contribution in [2.24, 2.45) is 0 Å². The Labute approximate surface area is 119 Å². The van der Waals surface area contributed by atoms with E-state index in [1.807, 2.05) is 20.8 Å².